The summed E-state index contributed by atoms with van der Waals surface area (Å²) in [6.45, 7) is 0. The van der Waals surface area contributed by atoms with E-state index in [0.29, 0.717) is 16.0 Å². The van der Waals surface area contributed by atoms with Gasteiger partial charge in [0.25, 0.3) is 12.3 Å². The van der Waals surface area contributed by atoms with Crippen molar-refractivity contribution >= 4 is 34.2 Å². The second-order valence-corrected chi connectivity index (χ2v) is 6.00. The molecule has 0 saturated carbocycles. The number of aromatic nitrogens is 2. The second kappa shape index (κ2) is 7.02. The maximum atomic E-state index is 12.5. The Morgan fingerprint density at radius 3 is 2.58 bits per heavy atom. The van der Waals surface area contributed by atoms with Gasteiger partial charge in [-0.2, -0.15) is 9.36 Å². The van der Waals surface area contributed by atoms with E-state index in [0.717, 1.165) is 17.1 Å². The minimum atomic E-state index is -2.56. The Labute approximate surface area is 145 Å². The Morgan fingerprint density at radius 2 is 1.92 bits per heavy atom. The Hall–Kier alpha value is -2.38. The first-order valence-electron chi connectivity index (χ1n) is 6.82. The summed E-state index contributed by atoms with van der Waals surface area (Å²) in [5.74, 6) is 0.00968. The fraction of sp³-hybridized carbons (Fsp3) is 0.0625. The van der Waals surface area contributed by atoms with Gasteiger partial charge in [-0.3, -0.25) is 10.1 Å². The smallest absolute Gasteiger partial charge is 0.263 e. The van der Waals surface area contributed by atoms with Gasteiger partial charge in [0, 0.05) is 33.2 Å². The first-order chi connectivity index (χ1) is 11.5. The highest BCUT2D eigenvalue weighted by molar-refractivity contribution is 7.10. The van der Waals surface area contributed by atoms with Gasteiger partial charge in [0.2, 0.25) is 5.13 Å². The van der Waals surface area contributed by atoms with Crippen LogP contribution in [-0.4, -0.2) is 15.3 Å². The molecule has 1 aromatic heterocycles. The third kappa shape index (κ3) is 3.74. The number of carbonyl (C=O) groups excluding carboxylic acids is 1. The maximum Gasteiger partial charge on any atom is 0.263 e. The molecule has 3 rings (SSSR count). The predicted octanol–water partition coefficient (Wildman–Crippen LogP) is 5.05. The molecule has 1 heterocycles. The third-order valence-electron chi connectivity index (χ3n) is 3.15. The molecule has 0 saturated heterocycles. The zero-order chi connectivity index (χ0) is 17.1. The van der Waals surface area contributed by atoms with Gasteiger partial charge < -0.3 is 0 Å². The third-order valence-corrected chi connectivity index (χ3v) is 4.02. The van der Waals surface area contributed by atoms with Gasteiger partial charge in [0.15, 0.2) is 5.82 Å². The fourth-order valence-electron chi connectivity index (χ4n) is 1.97. The van der Waals surface area contributed by atoms with Crippen LogP contribution in [0.2, 0.25) is 5.02 Å². The normalized spacial score (nSPS) is 10.8. The van der Waals surface area contributed by atoms with Crippen molar-refractivity contribution in [2.45, 2.75) is 6.43 Å². The molecule has 1 amide bonds. The lowest BCUT2D eigenvalue weighted by atomic mass is 10.1. The average Bonchev–Trinajstić information content (AvgIpc) is 3.03. The summed E-state index contributed by atoms with van der Waals surface area (Å²) >= 11 is 6.95. The van der Waals surface area contributed by atoms with Crippen molar-refractivity contribution in [3.8, 4) is 11.4 Å². The van der Waals surface area contributed by atoms with E-state index in [2.05, 4.69) is 14.7 Å². The van der Waals surface area contributed by atoms with Gasteiger partial charge in [0.05, 0.1) is 0 Å². The van der Waals surface area contributed by atoms with E-state index < -0.39 is 12.3 Å². The van der Waals surface area contributed by atoms with E-state index in [1.807, 2.05) is 6.07 Å². The molecule has 0 unspecified atom stereocenters. The van der Waals surface area contributed by atoms with Crippen LogP contribution in [0.5, 0.6) is 0 Å². The van der Waals surface area contributed by atoms with Gasteiger partial charge in [0.1, 0.15) is 0 Å². The number of carbonyl (C=O) groups is 1. The van der Waals surface area contributed by atoms with E-state index in [-0.39, 0.29) is 11.1 Å². The van der Waals surface area contributed by atoms with Crippen molar-refractivity contribution in [1.29, 1.82) is 0 Å². The molecule has 0 bridgehead atoms. The van der Waals surface area contributed by atoms with Crippen molar-refractivity contribution < 1.29 is 13.6 Å². The van der Waals surface area contributed by atoms with Gasteiger partial charge in [-0.1, -0.05) is 35.9 Å². The van der Waals surface area contributed by atoms with Crippen LogP contribution >= 0.6 is 23.1 Å². The van der Waals surface area contributed by atoms with Crippen molar-refractivity contribution in [1.82, 2.24) is 9.36 Å². The van der Waals surface area contributed by atoms with Crippen LogP contribution in [0, 0.1) is 0 Å². The highest BCUT2D eigenvalue weighted by Crippen LogP contribution is 2.24. The summed E-state index contributed by atoms with van der Waals surface area (Å²) in [5, 5.41) is 3.47. The van der Waals surface area contributed by atoms with Gasteiger partial charge in [-0.25, -0.2) is 8.78 Å². The minimum Gasteiger partial charge on any atom is -0.297 e. The summed E-state index contributed by atoms with van der Waals surface area (Å²) in [6, 6.07) is 12.2. The molecule has 3 aromatic rings. The number of amides is 1. The quantitative estimate of drug-likeness (QED) is 0.704. The highest BCUT2D eigenvalue weighted by atomic mass is 35.5. The summed E-state index contributed by atoms with van der Waals surface area (Å²) < 4.78 is 29.2. The number of hydrogen-bond donors (Lipinski definition) is 1. The van der Waals surface area contributed by atoms with E-state index in [4.69, 9.17) is 11.6 Å². The molecule has 0 radical (unpaired) electrons. The van der Waals surface area contributed by atoms with Crippen LogP contribution in [0.4, 0.5) is 13.9 Å². The number of alkyl halides is 2. The molecule has 0 aliphatic rings. The van der Waals surface area contributed by atoms with E-state index in [9.17, 15) is 13.6 Å². The van der Waals surface area contributed by atoms with E-state index in [1.165, 1.54) is 24.3 Å². The molecule has 122 valence electrons. The molecular weight excluding hydrogens is 356 g/mol. The first kappa shape index (κ1) is 16.5. The molecule has 4 nitrogen and oxygen atoms in total. The lowest BCUT2D eigenvalue weighted by molar-refractivity contribution is 0.102. The molecule has 1 N–H and O–H groups in total. The Balaban J connectivity index is 1.73. The number of nitrogens with one attached hydrogen (secondary N) is 1. The molecule has 0 fully saturated rings. The fourth-order valence-corrected chi connectivity index (χ4v) is 2.74. The van der Waals surface area contributed by atoms with Crippen LogP contribution < -0.4 is 5.32 Å². The van der Waals surface area contributed by atoms with Crippen LogP contribution in [0.3, 0.4) is 0 Å². The number of rotatable bonds is 4. The van der Waals surface area contributed by atoms with Gasteiger partial charge >= 0.3 is 0 Å². The number of benzene rings is 2. The van der Waals surface area contributed by atoms with Gasteiger partial charge in [-0.05, 0) is 24.3 Å². The van der Waals surface area contributed by atoms with Gasteiger partial charge in [-0.15, -0.1) is 0 Å². The molecule has 2 aromatic carbocycles. The monoisotopic (exact) mass is 365 g/mol. The Morgan fingerprint density at radius 1 is 1.17 bits per heavy atom. The van der Waals surface area contributed by atoms with Crippen molar-refractivity contribution in [3.63, 3.8) is 0 Å². The zero-order valence-electron chi connectivity index (χ0n) is 12.0. The largest absolute Gasteiger partial charge is 0.297 e. The highest BCUT2D eigenvalue weighted by Gasteiger charge is 2.13. The Bertz CT molecular complexity index is 868. The molecule has 0 atom stereocenters. The topological polar surface area (TPSA) is 54.9 Å². The summed E-state index contributed by atoms with van der Waals surface area (Å²) in [4.78, 5) is 16.3. The number of anilines is 1. The van der Waals surface area contributed by atoms with Crippen molar-refractivity contribution in [2.75, 3.05) is 5.32 Å². The number of halogens is 3. The number of nitrogens with zero attached hydrogens (tertiary/aromatic N) is 2. The molecule has 24 heavy (non-hydrogen) atoms. The van der Waals surface area contributed by atoms with Crippen molar-refractivity contribution in [2.24, 2.45) is 0 Å². The van der Waals surface area contributed by atoms with E-state index >= 15 is 0 Å². The van der Waals surface area contributed by atoms with Crippen LogP contribution in [0.15, 0.2) is 48.5 Å². The lowest BCUT2D eigenvalue weighted by Crippen LogP contribution is -2.11. The average molecular weight is 366 g/mol. The zero-order valence-corrected chi connectivity index (χ0v) is 13.6. The second-order valence-electron chi connectivity index (χ2n) is 4.81. The molecule has 0 aliphatic heterocycles. The minimum absolute atomic E-state index is 0.134. The summed E-state index contributed by atoms with van der Waals surface area (Å²) in [6.07, 6.45) is -2.56. The summed E-state index contributed by atoms with van der Waals surface area (Å²) in [5.41, 5.74) is 0.866. The number of hydrogen-bond acceptors (Lipinski definition) is 4. The SMILES string of the molecule is O=C(Nc1nc(-c2cccc(Cl)c2)ns1)c1ccc(C(F)F)cc1. The standard InChI is InChI=1S/C16H10ClF2N3OS/c17-12-3-1-2-11(8-12)14-20-16(24-22-14)21-15(23)10-6-4-9(5-7-10)13(18)19/h1-8,13H,(H,20,21,22,23). The van der Waals surface area contributed by atoms with Crippen LogP contribution in [-0.2, 0) is 0 Å². The molecule has 0 spiro atoms. The molecule has 8 heteroatoms. The van der Waals surface area contributed by atoms with Crippen molar-refractivity contribution in [3.05, 3.63) is 64.7 Å². The predicted molar refractivity (Wildman–Crippen MR) is 89.7 cm³/mol. The lowest BCUT2D eigenvalue weighted by Gasteiger charge is -2.03. The molecule has 0 aliphatic carbocycles. The first-order valence-corrected chi connectivity index (χ1v) is 7.97. The maximum absolute atomic E-state index is 12.5. The van der Waals surface area contributed by atoms with E-state index in [1.54, 1.807) is 18.2 Å². The Kier molecular flexibility index (Phi) is 4.82. The summed E-state index contributed by atoms with van der Waals surface area (Å²) in [7, 11) is 0. The molecular formula is C16H10ClF2N3OS. The van der Waals surface area contributed by atoms with Crippen LogP contribution in [0.25, 0.3) is 11.4 Å². The van der Waals surface area contributed by atoms with Crippen LogP contribution in [0.1, 0.15) is 22.3 Å².